The summed E-state index contributed by atoms with van der Waals surface area (Å²) in [5.41, 5.74) is 1.79. The summed E-state index contributed by atoms with van der Waals surface area (Å²) in [5, 5.41) is 14.8. The molecular weight excluding hydrogens is 550 g/mol. The molecule has 224 valence electrons. The molecule has 0 radical (unpaired) electrons. The topological polar surface area (TPSA) is 103 Å². The van der Waals surface area contributed by atoms with E-state index in [1.54, 1.807) is 6.07 Å². The zero-order valence-corrected chi connectivity index (χ0v) is 25.4. The molecule has 1 saturated heterocycles. The summed E-state index contributed by atoms with van der Waals surface area (Å²) in [5.74, 6) is 0.0852. The minimum atomic E-state index is -0.479. The summed E-state index contributed by atoms with van der Waals surface area (Å²) in [7, 11) is 0. The lowest BCUT2D eigenvalue weighted by Crippen LogP contribution is -2.50. The highest BCUT2D eigenvalue weighted by molar-refractivity contribution is 6.31. The van der Waals surface area contributed by atoms with E-state index in [9.17, 15) is 14.4 Å². The highest BCUT2D eigenvalue weighted by Gasteiger charge is 2.32. The number of rotatable bonds is 11. The molecule has 4 N–H and O–H groups in total. The van der Waals surface area contributed by atoms with E-state index in [-0.39, 0.29) is 35.8 Å². The number of benzene rings is 3. The number of nitrogens with one attached hydrogen (secondary N) is 4. The molecule has 0 saturated carbocycles. The van der Waals surface area contributed by atoms with Crippen molar-refractivity contribution < 1.29 is 14.4 Å². The first-order valence-corrected chi connectivity index (χ1v) is 15.2. The van der Waals surface area contributed by atoms with E-state index in [1.165, 1.54) is 5.56 Å². The monoisotopic (exact) mass is 591 g/mol. The Morgan fingerprint density at radius 3 is 2.50 bits per heavy atom. The first-order chi connectivity index (χ1) is 20.2. The standard InChI is InChI=1S/C33H42ClN5O3/c1-4-23(24-8-6-5-7-9-24)21-39-17-15-29(38-30(32(39)41)14-16-35-33(42)37-22(2)3)20-36-31(40)27-11-10-26-19-28(34)13-12-25(26)18-27/h5-13,18-19,22-23,29-30,38H,4,14-17,20-21H2,1-3H3,(H,36,40)(H2,35,37,42)/t23?,29-,30-/m0/s1. The van der Waals surface area contributed by atoms with Crippen molar-refractivity contribution in [3.05, 3.63) is 82.9 Å². The van der Waals surface area contributed by atoms with Crippen LogP contribution in [0.5, 0.6) is 0 Å². The summed E-state index contributed by atoms with van der Waals surface area (Å²) in [6.07, 6.45) is 2.06. The van der Waals surface area contributed by atoms with Gasteiger partial charge in [-0.25, -0.2) is 4.79 Å². The molecule has 42 heavy (non-hydrogen) atoms. The molecule has 1 unspecified atom stereocenters. The number of hydrogen-bond donors (Lipinski definition) is 4. The summed E-state index contributed by atoms with van der Waals surface area (Å²) in [6, 6.07) is 20.6. The summed E-state index contributed by atoms with van der Waals surface area (Å²) < 4.78 is 0. The number of nitrogens with zero attached hydrogens (tertiary/aromatic N) is 1. The Kier molecular flexibility index (Phi) is 11.2. The van der Waals surface area contributed by atoms with Gasteiger partial charge in [0.2, 0.25) is 5.91 Å². The smallest absolute Gasteiger partial charge is 0.314 e. The van der Waals surface area contributed by atoms with Gasteiger partial charge in [0.05, 0.1) is 6.04 Å². The van der Waals surface area contributed by atoms with Crippen LogP contribution in [-0.4, -0.2) is 67.0 Å². The van der Waals surface area contributed by atoms with E-state index in [4.69, 9.17) is 11.6 Å². The summed E-state index contributed by atoms with van der Waals surface area (Å²) >= 11 is 6.10. The maximum absolute atomic E-state index is 13.8. The van der Waals surface area contributed by atoms with Crippen LogP contribution in [0, 0.1) is 0 Å². The molecule has 3 atom stereocenters. The SMILES string of the molecule is CCC(CN1CC[C@@H](CNC(=O)c2ccc3cc(Cl)ccc3c2)N[C@@H](CCNC(=O)NC(C)C)C1=O)c1ccccc1. The van der Waals surface area contributed by atoms with Crippen LogP contribution in [0.2, 0.25) is 5.02 Å². The highest BCUT2D eigenvalue weighted by Crippen LogP contribution is 2.23. The van der Waals surface area contributed by atoms with Crippen molar-refractivity contribution in [3.63, 3.8) is 0 Å². The second-order valence-electron chi connectivity index (χ2n) is 11.3. The van der Waals surface area contributed by atoms with E-state index < -0.39 is 6.04 Å². The lowest BCUT2D eigenvalue weighted by Gasteiger charge is -2.28. The quantitative estimate of drug-likeness (QED) is 0.250. The average Bonchev–Trinajstić information content (AvgIpc) is 3.12. The van der Waals surface area contributed by atoms with Crippen molar-refractivity contribution in [2.75, 3.05) is 26.2 Å². The Balaban J connectivity index is 1.43. The number of fused-ring (bicyclic) bond motifs is 1. The largest absolute Gasteiger partial charge is 0.350 e. The lowest BCUT2D eigenvalue weighted by atomic mass is 9.95. The molecule has 4 rings (SSSR count). The third kappa shape index (κ3) is 8.69. The van der Waals surface area contributed by atoms with Crippen LogP contribution in [0.3, 0.4) is 0 Å². The molecule has 0 aliphatic carbocycles. The molecule has 0 bridgehead atoms. The number of hydrogen-bond acceptors (Lipinski definition) is 4. The molecule has 1 fully saturated rings. The van der Waals surface area contributed by atoms with Crippen LogP contribution in [0.15, 0.2) is 66.7 Å². The van der Waals surface area contributed by atoms with Crippen molar-refractivity contribution >= 4 is 40.2 Å². The average molecular weight is 592 g/mol. The zero-order chi connectivity index (χ0) is 30.1. The van der Waals surface area contributed by atoms with Gasteiger partial charge >= 0.3 is 6.03 Å². The molecule has 8 nitrogen and oxygen atoms in total. The third-order valence-corrected chi connectivity index (χ3v) is 7.95. The van der Waals surface area contributed by atoms with Crippen molar-refractivity contribution in [1.82, 2.24) is 26.2 Å². The Hall–Kier alpha value is -3.62. The van der Waals surface area contributed by atoms with Crippen LogP contribution in [-0.2, 0) is 4.79 Å². The van der Waals surface area contributed by atoms with Crippen molar-refractivity contribution in [1.29, 1.82) is 0 Å². The molecule has 4 amide bonds. The van der Waals surface area contributed by atoms with Crippen LogP contribution >= 0.6 is 11.6 Å². The molecule has 9 heteroatoms. The van der Waals surface area contributed by atoms with Gasteiger partial charge in [-0.3, -0.25) is 9.59 Å². The van der Waals surface area contributed by atoms with Gasteiger partial charge in [-0.2, -0.15) is 0 Å². The van der Waals surface area contributed by atoms with Crippen LogP contribution < -0.4 is 21.3 Å². The number of halogens is 1. The van der Waals surface area contributed by atoms with E-state index in [0.717, 1.165) is 17.2 Å². The predicted octanol–water partition coefficient (Wildman–Crippen LogP) is 5.07. The van der Waals surface area contributed by atoms with E-state index in [2.05, 4.69) is 40.3 Å². The first-order valence-electron chi connectivity index (χ1n) is 14.8. The van der Waals surface area contributed by atoms with Gasteiger partial charge in [0.1, 0.15) is 0 Å². The van der Waals surface area contributed by atoms with Crippen molar-refractivity contribution in [2.45, 2.75) is 64.1 Å². The normalized spacial score (nSPS) is 18.0. The van der Waals surface area contributed by atoms with E-state index >= 15 is 0 Å². The fourth-order valence-corrected chi connectivity index (χ4v) is 5.59. The van der Waals surface area contributed by atoms with E-state index in [1.807, 2.05) is 67.3 Å². The highest BCUT2D eigenvalue weighted by atomic mass is 35.5. The molecular formula is C33H42ClN5O3. The molecule has 1 heterocycles. The molecule has 3 aromatic rings. The van der Waals surface area contributed by atoms with Crippen molar-refractivity contribution in [3.8, 4) is 0 Å². The first kappa shape index (κ1) is 31.3. The predicted molar refractivity (Wildman–Crippen MR) is 169 cm³/mol. The molecule has 1 aliphatic heterocycles. The van der Waals surface area contributed by atoms with Gasteiger partial charge in [0, 0.05) is 54.8 Å². The molecule has 0 spiro atoms. The van der Waals surface area contributed by atoms with E-state index in [0.29, 0.717) is 49.6 Å². The minimum absolute atomic E-state index is 0.0236. The van der Waals surface area contributed by atoms with Gasteiger partial charge < -0.3 is 26.2 Å². The number of carbonyl (C=O) groups excluding carboxylic acids is 3. The van der Waals surface area contributed by atoms with Gasteiger partial charge in [-0.1, -0.05) is 61.0 Å². The minimum Gasteiger partial charge on any atom is -0.350 e. The van der Waals surface area contributed by atoms with Crippen LogP contribution in [0.4, 0.5) is 4.79 Å². The molecule has 0 aromatic heterocycles. The number of amides is 4. The second-order valence-corrected chi connectivity index (χ2v) is 11.7. The fraction of sp³-hybridized carbons (Fsp3) is 0.424. The summed E-state index contributed by atoms with van der Waals surface area (Å²) in [4.78, 5) is 40.9. The lowest BCUT2D eigenvalue weighted by molar-refractivity contribution is -0.133. The number of carbonyl (C=O) groups is 3. The second kappa shape index (κ2) is 15.0. The number of urea groups is 1. The fourth-order valence-electron chi connectivity index (χ4n) is 5.41. The van der Waals surface area contributed by atoms with Gasteiger partial charge in [0.15, 0.2) is 0 Å². The maximum atomic E-state index is 13.8. The van der Waals surface area contributed by atoms with Gasteiger partial charge in [-0.15, -0.1) is 0 Å². The Morgan fingerprint density at radius 2 is 1.76 bits per heavy atom. The van der Waals surface area contributed by atoms with Gasteiger partial charge in [-0.05, 0) is 73.7 Å². The summed E-state index contributed by atoms with van der Waals surface area (Å²) in [6.45, 7) is 7.89. The van der Waals surface area contributed by atoms with Crippen LogP contribution in [0.25, 0.3) is 10.8 Å². The van der Waals surface area contributed by atoms with Crippen LogP contribution in [0.1, 0.15) is 61.9 Å². The Labute approximate surface area is 253 Å². The zero-order valence-electron chi connectivity index (χ0n) is 24.7. The maximum Gasteiger partial charge on any atom is 0.314 e. The Bertz CT molecular complexity index is 1370. The van der Waals surface area contributed by atoms with Crippen molar-refractivity contribution in [2.24, 2.45) is 0 Å². The van der Waals surface area contributed by atoms with Gasteiger partial charge in [0.25, 0.3) is 5.91 Å². The Morgan fingerprint density at radius 1 is 1.02 bits per heavy atom. The molecule has 3 aromatic carbocycles. The third-order valence-electron chi connectivity index (χ3n) is 7.71. The molecule has 1 aliphatic rings.